The Morgan fingerprint density at radius 3 is 2.42 bits per heavy atom. The zero-order valence-corrected chi connectivity index (χ0v) is 17.2. The van der Waals surface area contributed by atoms with Crippen molar-refractivity contribution in [2.75, 3.05) is 6.54 Å². The number of aryl methyl sites for hydroxylation is 1. The van der Waals surface area contributed by atoms with Crippen LogP contribution in [-0.4, -0.2) is 35.4 Å². The molecule has 2 aromatic carbocycles. The van der Waals surface area contributed by atoms with Crippen LogP contribution in [0.25, 0.3) is 0 Å². The van der Waals surface area contributed by atoms with Gasteiger partial charge in [-0.25, -0.2) is 0 Å². The Balaban J connectivity index is 1.91. The Bertz CT molecular complexity index is 1070. The lowest BCUT2D eigenvalue weighted by Crippen LogP contribution is -2.42. The molecule has 162 valence electrons. The molecule has 1 aliphatic rings. The highest BCUT2D eigenvalue weighted by atomic mass is 35.5. The van der Waals surface area contributed by atoms with Gasteiger partial charge in [-0.2, -0.15) is 13.2 Å². The molecule has 31 heavy (non-hydrogen) atoms. The van der Waals surface area contributed by atoms with Crippen LogP contribution in [0.15, 0.2) is 29.4 Å². The van der Waals surface area contributed by atoms with Crippen molar-refractivity contribution in [2.45, 2.75) is 25.1 Å². The molecular weight excluding hydrogens is 460 g/mol. The number of alkyl halides is 3. The van der Waals surface area contributed by atoms with E-state index in [1.54, 1.807) is 0 Å². The number of amides is 1. The number of oxime groups is 1. The van der Waals surface area contributed by atoms with Crippen molar-refractivity contribution in [1.29, 1.82) is 0 Å². The van der Waals surface area contributed by atoms with Gasteiger partial charge in [0.1, 0.15) is 12.3 Å². The minimum Gasteiger partial charge on any atom is -0.480 e. The molecule has 1 amide bonds. The molecule has 0 saturated heterocycles. The van der Waals surface area contributed by atoms with Crippen LogP contribution < -0.4 is 5.32 Å². The largest absolute Gasteiger partial charge is 0.480 e. The van der Waals surface area contributed by atoms with Crippen LogP contribution in [0, 0.1) is 19.1 Å². The normalized spacial score (nSPS) is 18.1. The summed E-state index contributed by atoms with van der Waals surface area (Å²) in [5.74, 6) is -1.93. The van der Waals surface area contributed by atoms with E-state index >= 15 is 0 Å². The molecule has 1 atom stereocenters. The third-order valence-electron chi connectivity index (χ3n) is 4.53. The van der Waals surface area contributed by atoms with Crippen molar-refractivity contribution in [2.24, 2.45) is 5.16 Å². The van der Waals surface area contributed by atoms with Gasteiger partial charge in [0.05, 0.1) is 17.5 Å². The SMILES string of the molecule is Cc1cc(C2=NOC(c3cc(Cl)cc(Cl)c3)(C(F)(F)F)C2)c#cc1C(=O)NCC(=O)O. The van der Waals surface area contributed by atoms with Crippen LogP contribution in [0.2, 0.25) is 10.0 Å². The number of benzene rings is 1. The number of rotatable bonds is 5. The maximum absolute atomic E-state index is 14.0. The van der Waals surface area contributed by atoms with Crippen molar-refractivity contribution in [3.63, 3.8) is 0 Å². The highest BCUT2D eigenvalue weighted by molar-refractivity contribution is 6.34. The lowest BCUT2D eigenvalue weighted by Gasteiger charge is -2.29. The summed E-state index contributed by atoms with van der Waals surface area (Å²) in [7, 11) is 0. The Hall–Kier alpha value is -2.96. The Labute approximate surface area is 184 Å². The van der Waals surface area contributed by atoms with Crippen molar-refractivity contribution in [3.05, 3.63) is 68.7 Å². The number of nitrogens with zero attached hydrogens (tertiary/aromatic N) is 1. The summed E-state index contributed by atoms with van der Waals surface area (Å²) in [6.45, 7) is 0.929. The van der Waals surface area contributed by atoms with E-state index in [1.165, 1.54) is 19.1 Å². The maximum atomic E-state index is 14.0. The molecule has 6 nitrogen and oxygen atoms in total. The average Bonchev–Trinajstić information content (AvgIpc) is 3.12. The molecule has 1 unspecified atom stereocenters. The van der Waals surface area contributed by atoms with Gasteiger partial charge in [-0.3, -0.25) is 9.59 Å². The van der Waals surface area contributed by atoms with E-state index in [0.717, 1.165) is 12.1 Å². The summed E-state index contributed by atoms with van der Waals surface area (Å²) in [4.78, 5) is 27.5. The quantitative estimate of drug-likeness (QED) is 0.678. The molecule has 0 aromatic heterocycles. The summed E-state index contributed by atoms with van der Waals surface area (Å²) in [6, 6.07) is 10.0. The molecule has 2 N–H and O–H groups in total. The molecule has 0 aliphatic carbocycles. The van der Waals surface area contributed by atoms with Crippen LogP contribution in [0.1, 0.15) is 33.5 Å². The van der Waals surface area contributed by atoms with Gasteiger partial charge >= 0.3 is 12.1 Å². The molecular formula is C20H13Cl2F3N2O4. The first-order valence-corrected chi connectivity index (χ1v) is 9.42. The number of hydrogen-bond acceptors (Lipinski definition) is 4. The van der Waals surface area contributed by atoms with Crippen LogP contribution in [0.4, 0.5) is 13.2 Å². The van der Waals surface area contributed by atoms with Crippen molar-refractivity contribution < 1.29 is 32.7 Å². The van der Waals surface area contributed by atoms with Gasteiger partial charge in [-0.15, -0.1) is 0 Å². The number of carboxylic acid groups (broad SMARTS) is 1. The van der Waals surface area contributed by atoms with Gasteiger partial charge in [0.15, 0.2) is 0 Å². The van der Waals surface area contributed by atoms with E-state index in [2.05, 4.69) is 22.6 Å². The molecule has 0 radical (unpaired) electrons. The summed E-state index contributed by atoms with van der Waals surface area (Å²) < 4.78 is 42.1. The van der Waals surface area contributed by atoms with Crippen LogP contribution in [0.3, 0.4) is 0 Å². The van der Waals surface area contributed by atoms with Gasteiger partial charge in [0.2, 0.25) is 0 Å². The summed E-state index contributed by atoms with van der Waals surface area (Å²) in [5.41, 5.74) is -2.67. The first-order chi connectivity index (χ1) is 14.4. The Morgan fingerprint density at radius 1 is 1.23 bits per heavy atom. The van der Waals surface area contributed by atoms with Gasteiger partial charge in [-0.05, 0) is 36.8 Å². The highest BCUT2D eigenvalue weighted by Gasteiger charge is 2.62. The van der Waals surface area contributed by atoms with Gasteiger partial charge in [-0.1, -0.05) is 40.5 Å². The number of hydrogen-bond donors (Lipinski definition) is 2. The molecule has 1 heterocycles. The van der Waals surface area contributed by atoms with Crippen LogP contribution in [0.5, 0.6) is 0 Å². The van der Waals surface area contributed by atoms with Crippen molar-refractivity contribution >= 4 is 40.8 Å². The number of aliphatic carboxylic acids is 1. The van der Waals surface area contributed by atoms with Crippen LogP contribution >= 0.6 is 23.2 Å². The minimum atomic E-state index is -4.85. The molecule has 0 fully saturated rings. The third kappa shape index (κ3) is 4.55. The van der Waals surface area contributed by atoms with Crippen molar-refractivity contribution in [3.8, 4) is 0 Å². The first kappa shape index (κ1) is 22.7. The summed E-state index contributed by atoms with van der Waals surface area (Å²) >= 11 is 11.8. The van der Waals surface area contributed by atoms with Crippen LogP contribution in [-0.2, 0) is 15.2 Å². The fourth-order valence-corrected chi connectivity index (χ4v) is 3.55. The monoisotopic (exact) mass is 472 g/mol. The number of carbonyl (C=O) groups excluding carboxylic acids is 1. The van der Waals surface area contributed by atoms with E-state index in [-0.39, 0.29) is 32.4 Å². The highest BCUT2D eigenvalue weighted by Crippen LogP contribution is 2.49. The lowest BCUT2D eigenvalue weighted by atomic mass is 9.86. The van der Waals surface area contributed by atoms with Gasteiger partial charge in [0, 0.05) is 15.6 Å². The second kappa shape index (κ2) is 8.29. The Morgan fingerprint density at radius 2 is 1.87 bits per heavy atom. The third-order valence-corrected chi connectivity index (χ3v) is 4.97. The zero-order valence-electron chi connectivity index (χ0n) is 15.7. The second-order valence-electron chi connectivity index (χ2n) is 6.73. The number of carbonyl (C=O) groups is 2. The summed E-state index contributed by atoms with van der Waals surface area (Å²) in [6.07, 6.45) is -5.52. The standard InChI is InChI=1S/C20H13Cl2F3N2O4/c1-10-4-11(2-3-15(10)18(30)26-9-17(28)29)16-8-19(31-27-16,20(23,24)25)12-5-13(21)7-14(22)6-12/h4-7H,8-9H2,1H3,(H,26,30)(H,28,29). The minimum absolute atomic E-state index is 0.00761. The number of carboxylic acids is 1. The van der Waals surface area contributed by atoms with Gasteiger partial charge < -0.3 is 15.3 Å². The summed E-state index contributed by atoms with van der Waals surface area (Å²) in [5, 5.41) is 14.5. The predicted molar refractivity (Wildman–Crippen MR) is 105 cm³/mol. The fraction of sp³-hybridized carbons (Fsp3) is 0.250. The molecule has 2 aromatic rings. The number of nitrogens with one attached hydrogen (secondary N) is 1. The topological polar surface area (TPSA) is 88.0 Å². The molecule has 0 saturated carbocycles. The maximum Gasteiger partial charge on any atom is 0.435 e. The van der Waals surface area contributed by atoms with E-state index in [0.29, 0.717) is 5.56 Å². The fourth-order valence-electron chi connectivity index (χ4n) is 3.02. The lowest BCUT2D eigenvalue weighted by molar-refractivity contribution is -0.275. The van der Waals surface area contributed by atoms with E-state index in [9.17, 15) is 22.8 Å². The first-order valence-electron chi connectivity index (χ1n) is 8.66. The number of halogens is 5. The smallest absolute Gasteiger partial charge is 0.435 e. The second-order valence-corrected chi connectivity index (χ2v) is 7.60. The van der Waals surface area contributed by atoms with Crippen molar-refractivity contribution in [1.82, 2.24) is 5.32 Å². The molecule has 3 rings (SSSR count). The van der Waals surface area contributed by atoms with Gasteiger partial charge in [0.25, 0.3) is 11.5 Å². The molecule has 11 heteroatoms. The molecule has 1 aliphatic heterocycles. The average molecular weight is 473 g/mol. The molecule has 0 bridgehead atoms. The van der Waals surface area contributed by atoms with E-state index in [1.807, 2.05) is 0 Å². The Kier molecular flexibility index (Phi) is 6.07. The van der Waals surface area contributed by atoms with E-state index < -0.39 is 36.6 Å². The van der Waals surface area contributed by atoms with E-state index in [4.69, 9.17) is 33.1 Å². The predicted octanol–water partition coefficient (Wildman–Crippen LogP) is 4.30. The zero-order chi connectivity index (χ0) is 23.0. The molecule has 0 spiro atoms.